The van der Waals surface area contributed by atoms with Gasteiger partial charge in [-0.05, 0) is 24.8 Å². The van der Waals surface area contributed by atoms with Crippen molar-refractivity contribution >= 4 is 26.8 Å². The topological polar surface area (TPSA) is 71.8 Å². The number of sulfonamides is 1. The van der Waals surface area contributed by atoms with Crippen LogP contribution in [0.15, 0.2) is 30.5 Å². The van der Waals surface area contributed by atoms with Crippen LogP contribution in [0.5, 0.6) is 0 Å². The quantitative estimate of drug-likeness (QED) is 0.744. The molecule has 0 unspecified atom stereocenters. The lowest BCUT2D eigenvalue weighted by Gasteiger charge is -2.39. The van der Waals surface area contributed by atoms with Gasteiger partial charge in [-0.2, -0.15) is 4.31 Å². The molecule has 8 heteroatoms. The molecule has 1 amide bonds. The van der Waals surface area contributed by atoms with Gasteiger partial charge in [0.25, 0.3) is 5.91 Å². The number of morpholine rings is 1. The molecule has 3 aliphatic heterocycles. The van der Waals surface area contributed by atoms with Crippen LogP contribution in [0.25, 0.3) is 10.9 Å². The van der Waals surface area contributed by atoms with Crippen molar-refractivity contribution < 1.29 is 17.9 Å². The summed E-state index contributed by atoms with van der Waals surface area (Å²) >= 11 is 0. The molecule has 0 N–H and O–H groups in total. The van der Waals surface area contributed by atoms with Crippen molar-refractivity contribution in [2.75, 3.05) is 26.2 Å². The van der Waals surface area contributed by atoms with Crippen LogP contribution >= 0.6 is 0 Å². The van der Waals surface area contributed by atoms with Gasteiger partial charge in [-0.1, -0.05) is 32.0 Å². The van der Waals surface area contributed by atoms with E-state index in [-0.39, 0.29) is 12.0 Å². The summed E-state index contributed by atoms with van der Waals surface area (Å²) in [7, 11) is -1.46. The highest BCUT2D eigenvalue weighted by Crippen LogP contribution is 2.47. The normalized spacial score (nSPS) is 30.3. The molecule has 0 radical (unpaired) electrons. The van der Waals surface area contributed by atoms with E-state index in [1.807, 2.05) is 47.0 Å². The lowest BCUT2D eigenvalue weighted by atomic mass is 9.98. The van der Waals surface area contributed by atoms with E-state index in [1.54, 1.807) is 4.31 Å². The molecule has 2 bridgehead atoms. The average Bonchev–Trinajstić information content (AvgIpc) is 3.24. The van der Waals surface area contributed by atoms with Gasteiger partial charge in [0.15, 0.2) is 0 Å². The molecule has 0 aliphatic carbocycles. The number of aryl methyl sites for hydroxylation is 1. The van der Waals surface area contributed by atoms with Gasteiger partial charge in [-0.15, -0.1) is 0 Å². The SMILES string of the molecule is CC(C)CCN1C[C@]23CN(C(=O)c4cn(C)c5ccccc45)C[C@H](C[C@H]2S1(=O)=O)O3. The lowest BCUT2D eigenvalue weighted by Crippen LogP contribution is -2.56. The van der Waals surface area contributed by atoms with Crippen molar-refractivity contribution in [2.45, 2.75) is 43.6 Å². The Bertz CT molecular complexity index is 1110. The maximum Gasteiger partial charge on any atom is 0.256 e. The second-order valence-corrected chi connectivity index (χ2v) is 11.6. The zero-order valence-corrected chi connectivity index (χ0v) is 18.6. The molecule has 1 aromatic heterocycles. The largest absolute Gasteiger partial charge is 0.365 e. The molecule has 0 saturated carbocycles. The first-order valence-corrected chi connectivity index (χ1v) is 12.2. The first-order chi connectivity index (χ1) is 14.2. The van der Waals surface area contributed by atoms with E-state index < -0.39 is 20.9 Å². The van der Waals surface area contributed by atoms with Gasteiger partial charge in [0.1, 0.15) is 10.9 Å². The number of ether oxygens (including phenoxy) is 1. The molecule has 3 fully saturated rings. The second kappa shape index (κ2) is 6.80. The summed E-state index contributed by atoms with van der Waals surface area (Å²) in [5.41, 5.74) is 0.871. The van der Waals surface area contributed by atoms with E-state index in [0.717, 1.165) is 17.3 Å². The third-order valence-electron chi connectivity index (χ3n) is 6.88. The number of aromatic nitrogens is 1. The van der Waals surface area contributed by atoms with Crippen LogP contribution in [0.4, 0.5) is 0 Å². The number of para-hydroxylation sites is 1. The highest BCUT2D eigenvalue weighted by molar-refractivity contribution is 7.90. The summed E-state index contributed by atoms with van der Waals surface area (Å²) in [6, 6.07) is 7.86. The Balaban J connectivity index is 1.44. The maximum absolute atomic E-state index is 13.5. The van der Waals surface area contributed by atoms with Gasteiger partial charge in [-0.25, -0.2) is 8.42 Å². The summed E-state index contributed by atoms with van der Waals surface area (Å²) in [5.74, 6) is 0.390. The molecule has 3 atom stereocenters. The third kappa shape index (κ3) is 2.92. The fourth-order valence-electron chi connectivity index (χ4n) is 5.39. The standard InChI is InChI=1S/C22H29N3O4S/c1-15(2)8-9-25-14-22-13-24(11-16(29-22)10-20(22)30(25,27)28)21(26)18-12-23(3)19-7-5-4-6-17(18)19/h4-7,12,15-16,20H,8-11,13-14H2,1-3H3/t16-,20+,22+/m0/s1. The molecule has 162 valence electrons. The van der Waals surface area contributed by atoms with Crippen LogP contribution in [0.3, 0.4) is 0 Å². The molecule has 4 heterocycles. The number of hydrogen-bond donors (Lipinski definition) is 0. The number of carbonyl (C=O) groups excluding carboxylic acids is 1. The van der Waals surface area contributed by atoms with E-state index in [9.17, 15) is 13.2 Å². The van der Waals surface area contributed by atoms with Crippen molar-refractivity contribution in [2.24, 2.45) is 13.0 Å². The van der Waals surface area contributed by atoms with Gasteiger partial charge in [0, 0.05) is 43.8 Å². The predicted molar refractivity (Wildman–Crippen MR) is 115 cm³/mol. The molecule has 5 rings (SSSR count). The number of fused-ring (bicyclic) bond motifs is 2. The summed E-state index contributed by atoms with van der Waals surface area (Å²) < 4.78 is 36.2. The van der Waals surface area contributed by atoms with Gasteiger partial charge in [-0.3, -0.25) is 4.79 Å². The number of benzene rings is 1. The lowest BCUT2D eigenvalue weighted by molar-refractivity contribution is -0.0977. The molecule has 30 heavy (non-hydrogen) atoms. The monoisotopic (exact) mass is 431 g/mol. The van der Waals surface area contributed by atoms with Gasteiger partial charge in [0.05, 0.1) is 18.2 Å². The molecular formula is C22H29N3O4S. The zero-order chi connectivity index (χ0) is 21.3. The first-order valence-electron chi connectivity index (χ1n) is 10.7. The van der Waals surface area contributed by atoms with Crippen LogP contribution in [0.1, 0.15) is 37.0 Å². The van der Waals surface area contributed by atoms with Crippen molar-refractivity contribution in [1.82, 2.24) is 13.8 Å². The van der Waals surface area contributed by atoms with Gasteiger partial charge >= 0.3 is 0 Å². The Labute approximate surface area is 177 Å². The highest BCUT2D eigenvalue weighted by Gasteiger charge is 2.65. The Morgan fingerprint density at radius 2 is 2.03 bits per heavy atom. The van der Waals surface area contributed by atoms with Gasteiger partial charge in [0.2, 0.25) is 10.0 Å². The van der Waals surface area contributed by atoms with Crippen LogP contribution in [0.2, 0.25) is 0 Å². The number of nitrogens with zero attached hydrogens (tertiary/aromatic N) is 3. The number of likely N-dealkylation sites (tertiary alicyclic amines) is 1. The Morgan fingerprint density at radius 3 is 2.80 bits per heavy atom. The van der Waals surface area contributed by atoms with Crippen molar-refractivity contribution in [1.29, 1.82) is 0 Å². The summed E-state index contributed by atoms with van der Waals surface area (Å²) in [6.45, 7) is 5.83. The van der Waals surface area contributed by atoms with Crippen LogP contribution in [-0.2, 0) is 21.8 Å². The predicted octanol–water partition coefficient (Wildman–Crippen LogP) is 2.22. The number of hydrogen-bond acceptors (Lipinski definition) is 4. The van der Waals surface area contributed by atoms with Crippen molar-refractivity contribution in [3.8, 4) is 0 Å². The van der Waals surface area contributed by atoms with Crippen molar-refractivity contribution in [3.63, 3.8) is 0 Å². The summed E-state index contributed by atoms with van der Waals surface area (Å²) in [4.78, 5) is 15.3. The number of rotatable bonds is 4. The van der Waals surface area contributed by atoms with Gasteiger partial charge < -0.3 is 14.2 Å². The molecule has 7 nitrogen and oxygen atoms in total. The second-order valence-electron chi connectivity index (χ2n) is 9.45. The molecular weight excluding hydrogens is 402 g/mol. The van der Waals surface area contributed by atoms with Crippen LogP contribution < -0.4 is 0 Å². The molecule has 3 saturated heterocycles. The average molecular weight is 432 g/mol. The number of amides is 1. The van der Waals surface area contributed by atoms with E-state index >= 15 is 0 Å². The third-order valence-corrected chi connectivity index (χ3v) is 9.25. The smallest absolute Gasteiger partial charge is 0.256 e. The minimum absolute atomic E-state index is 0.0434. The van der Waals surface area contributed by atoms with E-state index in [4.69, 9.17) is 4.74 Å². The first kappa shape index (κ1) is 20.0. The zero-order valence-electron chi connectivity index (χ0n) is 17.7. The Morgan fingerprint density at radius 1 is 1.27 bits per heavy atom. The number of carbonyl (C=O) groups is 1. The molecule has 2 aromatic rings. The van der Waals surface area contributed by atoms with E-state index in [0.29, 0.717) is 44.1 Å². The highest BCUT2D eigenvalue weighted by atomic mass is 32.2. The minimum atomic E-state index is -3.40. The van der Waals surface area contributed by atoms with E-state index in [2.05, 4.69) is 13.8 Å². The fourth-order valence-corrected chi connectivity index (χ4v) is 7.71. The molecule has 3 aliphatic rings. The molecule has 1 spiro atoms. The maximum atomic E-state index is 13.5. The Hall–Kier alpha value is -1.90. The fraction of sp³-hybridized carbons (Fsp3) is 0.591. The van der Waals surface area contributed by atoms with Crippen molar-refractivity contribution in [3.05, 3.63) is 36.0 Å². The van der Waals surface area contributed by atoms with E-state index in [1.165, 1.54) is 0 Å². The van der Waals surface area contributed by atoms with Crippen LogP contribution in [0, 0.1) is 5.92 Å². The summed E-state index contributed by atoms with van der Waals surface area (Å²) in [6.07, 6.45) is 2.95. The van der Waals surface area contributed by atoms with Crippen LogP contribution in [-0.4, -0.2) is 71.2 Å². The Kier molecular flexibility index (Phi) is 4.54. The molecule has 1 aromatic carbocycles. The minimum Gasteiger partial charge on any atom is -0.365 e. The summed E-state index contributed by atoms with van der Waals surface area (Å²) in [5, 5.41) is 0.378.